The molecule has 110 valence electrons. The molecule has 0 atom stereocenters. The van der Waals surface area contributed by atoms with Crippen LogP contribution in [0.4, 0.5) is 0 Å². The van der Waals surface area contributed by atoms with E-state index in [1.165, 1.54) is 12.1 Å². The first kappa shape index (κ1) is 15.0. The maximum atomic E-state index is 10.7. The van der Waals surface area contributed by atoms with Crippen LogP contribution in [0.15, 0.2) is 29.2 Å². The van der Waals surface area contributed by atoms with Crippen LogP contribution < -0.4 is 10.6 Å². The van der Waals surface area contributed by atoms with E-state index in [1.807, 2.05) is 6.92 Å². The fraction of sp³-hybridized carbons (Fsp3) is 0.462. The highest BCUT2D eigenvalue weighted by Gasteiger charge is 2.42. The molecular formula is C13H18N2O4S. The van der Waals surface area contributed by atoms with Crippen molar-refractivity contribution in [2.75, 3.05) is 13.1 Å². The number of rotatable bonds is 1. The van der Waals surface area contributed by atoms with Gasteiger partial charge >= 0.3 is 0 Å². The Balaban J connectivity index is 0.000000149. The summed E-state index contributed by atoms with van der Waals surface area (Å²) in [5.41, 5.74) is 1.13. The van der Waals surface area contributed by atoms with E-state index in [-0.39, 0.29) is 16.3 Å². The summed E-state index contributed by atoms with van der Waals surface area (Å²) in [5.74, 6) is 0.219. The molecule has 1 aromatic rings. The molecule has 20 heavy (non-hydrogen) atoms. The van der Waals surface area contributed by atoms with Crippen molar-refractivity contribution < 1.29 is 17.8 Å². The standard InChI is InChI=1S/C7H8O3S.C6H10N2O/c1-6-2-4-7(5-3-6)11(8,9)10;9-5-1-2-6(8-5)3-7-4-6/h2-5H,1H3,(H,8,9,10);7H,1-4H2,(H,8,9). The Hall–Kier alpha value is -1.44. The van der Waals surface area contributed by atoms with Crippen LogP contribution in [0.3, 0.4) is 0 Å². The number of aryl methyl sites for hydroxylation is 1. The summed E-state index contributed by atoms with van der Waals surface area (Å²) in [6, 6.07) is 5.99. The average Bonchev–Trinajstić information content (AvgIpc) is 2.72. The first-order valence-electron chi connectivity index (χ1n) is 6.37. The van der Waals surface area contributed by atoms with Crippen LogP contribution in [0.2, 0.25) is 0 Å². The molecule has 7 heteroatoms. The maximum absolute atomic E-state index is 10.7. The lowest BCUT2D eigenvalue weighted by molar-refractivity contribution is -0.120. The Morgan fingerprint density at radius 2 is 1.80 bits per heavy atom. The molecule has 1 spiro atoms. The van der Waals surface area contributed by atoms with Crippen molar-refractivity contribution in [3.63, 3.8) is 0 Å². The van der Waals surface area contributed by atoms with Gasteiger partial charge in [-0.2, -0.15) is 8.42 Å². The molecule has 3 N–H and O–H groups in total. The van der Waals surface area contributed by atoms with Gasteiger partial charge in [0.2, 0.25) is 5.91 Å². The monoisotopic (exact) mass is 298 g/mol. The number of carbonyl (C=O) groups excluding carboxylic acids is 1. The van der Waals surface area contributed by atoms with Crippen molar-refractivity contribution in [1.82, 2.24) is 10.6 Å². The van der Waals surface area contributed by atoms with E-state index in [9.17, 15) is 13.2 Å². The highest BCUT2D eigenvalue weighted by molar-refractivity contribution is 7.85. The smallest absolute Gasteiger partial charge is 0.294 e. The Morgan fingerprint density at radius 3 is 2.10 bits per heavy atom. The third-order valence-corrected chi connectivity index (χ3v) is 4.35. The van der Waals surface area contributed by atoms with E-state index < -0.39 is 10.1 Å². The topological polar surface area (TPSA) is 95.5 Å². The summed E-state index contributed by atoms with van der Waals surface area (Å²) in [6.07, 6.45) is 1.75. The zero-order valence-electron chi connectivity index (χ0n) is 11.2. The lowest BCUT2D eigenvalue weighted by Crippen LogP contribution is -2.65. The fourth-order valence-corrected chi connectivity index (χ4v) is 2.66. The third kappa shape index (κ3) is 3.56. The second-order valence-electron chi connectivity index (χ2n) is 5.22. The summed E-state index contributed by atoms with van der Waals surface area (Å²) in [5, 5.41) is 6.12. The van der Waals surface area contributed by atoms with E-state index in [4.69, 9.17) is 4.55 Å². The van der Waals surface area contributed by atoms with Crippen molar-refractivity contribution in [2.45, 2.75) is 30.2 Å². The fourth-order valence-electron chi connectivity index (χ4n) is 2.18. The molecule has 0 aliphatic carbocycles. The molecule has 2 aliphatic heterocycles. The molecule has 2 fully saturated rings. The molecule has 0 radical (unpaired) electrons. The van der Waals surface area contributed by atoms with E-state index in [1.54, 1.807) is 12.1 Å². The Bertz CT molecular complexity index is 591. The van der Waals surface area contributed by atoms with Crippen LogP contribution in [-0.4, -0.2) is 37.5 Å². The Labute approximate surface area is 118 Å². The van der Waals surface area contributed by atoms with Gasteiger partial charge in [-0.1, -0.05) is 17.7 Å². The van der Waals surface area contributed by atoms with Crippen molar-refractivity contribution in [3.05, 3.63) is 29.8 Å². The lowest BCUT2D eigenvalue weighted by Gasteiger charge is -2.38. The summed E-state index contributed by atoms with van der Waals surface area (Å²) < 4.78 is 29.6. The van der Waals surface area contributed by atoms with Crippen LogP contribution >= 0.6 is 0 Å². The van der Waals surface area contributed by atoms with Crippen molar-refractivity contribution in [3.8, 4) is 0 Å². The molecule has 2 aliphatic rings. The molecule has 3 rings (SSSR count). The van der Waals surface area contributed by atoms with E-state index in [0.29, 0.717) is 0 Å². The molecular weight excluding hydrogens is 280 g/mol. The van der Waals surface area contributed by atoms with Gasteiger partial charge < -0.3 is 10.6 Å². The Morgan fingerprint density at radius 1 is 1.20 bits per heavy atom. The normalized spacial score (nSPS) is 19.8. The minimum absolute atomic E-state index is 0.0666. The average molecular weight is 298 g/mol. The zero-order valence-corrected chi connectivity index (χ0v) is 12.0. The van der Waals surface area contributed by atoms with Crippen LogP contribution in [0, 0.1) is 6.92 Å². The largest absolute Gasteiger partial charge is 0.348 e. The molecule has 0 aromatic heterocycles. The van der Waals surface area contributed by atoms with E-state index in [0.717, 1.165) is 31.5 Å². The second-order valence-corrected chi connectivity index (χ2v) is 6.64. The van der Waals surface area contributed by atoms with Gasteiger partial charge in [0.1, 0.15) is 0 Å². The highest BCUT2D eigenvalue weighted by atomic mass is 32.2. The predicted octanol–water partition coefficient (Wildman–Crippen LogP) is 0.480. The van der Waals surface area contributed by atoms with Gasteiger partial charge in [0.25, 0.3) is 10.1 Å². The van der Waals surface area contributed by atoms with Crippen LogP contribution in [0.1, 0.15) is 18.4 Å². The summed E-state index contributed by atoms with van der Waals surface area (Å²) in [6.45, 7) is 3.78. The summed E-state index contributed by atoms with van der Waals surface area (Å²) >= 11 is 0. The number of nitrogens with one attached hydrogen (secondary N) is 2. The van der Waals surface area contributed by atoms with Crippen molar-refractivity contribution >= 4 is 16.0 Å². The van der Waals surface area contributed by atoms with E-state index >= 15 is 0 Å². The molecule has 2 saturated heterocycles. The van der Waals surface area contributed by atoms with Gasteiger partial charge in [0.05, 0.1) is 10.4 Å². The van der Waals surface area contributed by atoms with Crippen LogP contribution in [-0.2, 0) is 14.9 Å². The molecule has 0 saturated carbocycles. The molecule has 2 heterocycles. The first-order chi connectivity index (χ1) is 9.31. The third-order valence-electron chi connectivity index (χ3n) is 3.48. The number of hydrogen-bond donors (Lipinski definition) is 3. The van der Waals surface area contributed by atoms with Crippen LogP contribution in [0.25, 0.3) is 0 Å². The Kier molecular flexibility index (Phi) is 4.12. The van der Waals surface area contributed by atoms with Gasteiger partial charge in [-0.3, -0.25) is 9.35 Å². The first-order valence-corrected chi connectivity index (χ1v) is 7.81. The lowest BCUT2D eigenvalue weighted by atomic mass is 9.91. The molecule has 0 bridgehead atoms. The van der Waals surface area contributed by atoms with Gasteiger partial charge in [0.15, 0.2) is 0 Å². The summed E-state index contributed by atoms with van der Waals surface area (Å²) in [7, 11) is -4.02. The van der Waals surface area contributed by atoms with Gasteiger partial charge in [0, 0.05) is 19.5 Å². The molecule has 6 nitrogen and oxygen atoms in total. The van der Waals surface area contributed by atoms with Gasteiger partial charge in [-0.05, 0) is 25.5 Å². The maximum Gasteiger partial charge on any atom is 0.294 e. The van der Waals surface area contributed by atoms with Crippen molar-refractivity contribution in [1.29, 1.82) is 0 Å². The number of benzene rings is 1. The predicted molar refractivity (Wildman–Crippen MR) is 74.0 cm³/mol. The second kappa shape index (κ2) is 5.51. The minimum atomic E-state index is -4.02. The molecule has 1 amide bonds. The quantitative estimate of drug-likeness (QED) is 0.655. The SMILES string of the molecule is Cc1ccc(S(=O)(=O)O)cc1.O=C1CCC2(CNC2)N1. The highest BCUT2D eigenvalue weighted by Crippen LogP contribution is 2.23. The zero-order chi connectivity index (χ0) is 14.8. The van der Waals surface area contributed by atoms with Crippen LogP contribution in [0.5, 0.6) is 0 Å². The van der Waals surface area contributed by atoms with E-state index in [2.05, 4.69) is 10.6 Å². The van der Waals surface area contributed by atoms with Gasteiger partial charge in [-0.25, -0.2) is 0 Å². The molecule has 1 aromatic carbocycles. The summed E-state index contributed by atoms with van der Waals surface area (Å²) in [4.78, 5) is 10.6. The number of carbonyl (C=O) groups is 1. The minimum Gasteiger partial charge on any atom is -0.348 e. The number of hydrogen-bond acceptors (Lipinski definition) is 4. The van der Waals surface area contributed by atoms with Gasteiger partial charge in [-0.15, -0.1) is 0 Å². The van der Waals surface area contributed by atoms with Crippen molar-refractivity contribution in [2.24, 2.45) is 0 Å². The molecule has 0 unspecified atom stereocenters. The number of amides is 1.